The van der Waals surface area contributed by atoms with Crippen LogP contribution in [-0.4, -0.2) is 23.2 Å². The van der Waals surface area contributed by atoms with Crippen LogP contribution < -0.4 is 4.74 Å². The summed E-state index contributed by atoms with van der Waals surface area (Å²) in [7, 11) is 1.23. The molecule has 0 saturated carbocycles. The van der Waals surface area contributed by atoms with Crippen LogP contribution >= 0.6 is 0 Å². The van der Waals surface area contributed by atoms with Gasteiger partial charge in [0.15, 0.2) is 0 Å². The molecule has 0 saturated heterocycles. The highest BCUT2D eigenvalue weighted by Gasteiger charge is 2.21. The van der Waals surface area contributed by atoms with E-state index in [0.29, 0.717) is 0 Å². The van der Waals surface area contributed by atoms with E-state index in [1.165, 1.54) is 20.2 Å². The van der Waals surface area contributed by atoms with Gasteiger partial charge < -0.3 is 9.84 Å². The van der Waals surface area contributed by atoms with E-state index in [9.17, 15) is 13.6 Å². The van der Waals surface area contributed by atoms with Crippen LogP contribution in [0.5, 0.6) is 5.75 Å². The van der Waals surface area contributed by atoms with Crippen molar-refractivity contribution in [1.29, 1.82) is 0 Å². The highest BCUT2D eigenvalue weighted by molar-refractivity contribution is 5.71. The Kier molecular flexibility index (Phi) is 3.76. The van der Waals surface area contributed by atoms with Crippen molar-refractivity contribution >= 4 is 5.97 Å². The fourth-order valence-electron chi connectivity index (χ4n) is 1.43. The number of ether oxygens (including phenoxy) is 1. The van der Waals surface area contributed by atoms with Gasteiger partial charge in [0.05, 0.1) is 19.1 Å². The molecular weight excluding hydrogens is 220 g/mol. The highest BCUT2D eigenvalue weighted by Crippen LogP contribution is 2.33. The smallest absolute Gasteiger partial charge is 0.308 e. The predicted octanol–water partition coefficient (Wildman–Crippen LogP) is 1.96. The lowest BCUT2D eigenvalue weighted by atomic mass is 10.1. The SMILES string of the molecule is COc1c(CC(=O)O)cnc(C)c1C(F)F. The molecule has 0 aliphatic rings. The first-order valence-corrected chi connectivity index (χ1v) is 4.49. The second-order valence-electron chi connectivity index (χ2n) is 3.19. The number of aryl methyl sites for hydroxylation is 1. The molecule has 0 unspecified atom stereocenters. The topological polar surface area (TPSA) is 59.4 Å². The van der Waals surface area contributed by atoms with E-state index in [0.717, 1.165) is 0 Å². The molecule has 1 rings (SSSR count). The second kappa shape index (κ2) is 4.87. The minimum Gasteiger partial charge on any atom is -0.496 e. The zero-order valence-electron chi connectivity index (χ0n) is 8.83. The van der Waals surface area contributed by atoms with Gasteiger partial charge in [-0.3, -0.25) is 9.78 Å². The summed E-state index contributed by atoms with van der Waals surface area (Å²) in [6.45, 7) is 1.43. The van der Waals surface area contributed by atoms with Gasteiger partial charge in [-0.2, -0.15) is 0 Å². The van der Waals surface area contributed by atoms with Crippen LogP contribution in [0.4, 0.5) is 8.78 Å². The van der Waals surface area contributed by atoms with Crippen molar-refractivity contribution in [3.8, 4) is 5.75 Å². The van der Waals surface area contributed by atoms with E-state index in [-0.39, 0.29) is 22.6 Å². The van der Waals surface area contributed by atoms with Crippen molar-refractivity contribution in [3.63, 3.8) is 0 Å². The van der Waals surface area contributed by atoms with Gasteiger partial charge in [0.2, 0.25) is 0 Å². The van der Waals surface area contributed by atoms with Gasteiger partial charge >= 0.3 is 5.97 Å². The molecule has 0 spiro atoms. The number of nitrogens with zero attached hydrogens (tertiary/aromatic N) is 1. The van der Waals surface area contributed by atoms with Gasteiger partial charge in [-0.25, -0.2) is 8.78 Å². The fraction of sp³-hybridized carbons (Fsp3) is 0.400. The lowest BCUT2D eigenvalue weighted by Crippen LogP contribution is -2.07. The van der Waals surface area contributed by atoms with E-state index in [4.69, 9.17) is 9.84 Å². The number of carbonyl (C=O) groups is 1. The summed E-state index contributed by atoms with van der Waals surface area (Å²) in [6.07, 6.45) is -1.89. The Hall–Kier alpha value is -1.72. The van der Waals surface area contributed by atoms with Crippen LogP contribution in [0.3, 0.4) is 0 Å². The molecule has 1 N–H and O–H groups in total. The monoisotopic (exact) mass is 231 g/mol. The van der Waals surface area contributed by atoms with Crippen LogP contribution in [0.1, 0.15) is 23.2 Å². The summed E-state index contributed by atoms with van der Waals surface area (Å²) >= 11 is 0. The molecule has 0 fully saturated rings. The minimum atomic E-state index is -2.74. The van der Waals surface area contributed by atoms with Crippen LogP contribution in [0.2, 0.25) is 0 Å². The van der Waals surface area contributed by atoms with E-state index in [2.05, 4.69) is 4.98 Å². The summed E-state index contributed by atoms with van der Waals surface area (Å²) < 4.78 is 30.3. The van der Waals surface area contributed by atoms with Gasteiger partial charge in [-0.05, 0) is 6.92 Å². The van der Waals surface area contributed by atoms with Crippen LogP contribution in [-0.2, 0) is 11.2 Å². The molecule has 0 atom stereocenters. The molecule has 88 valence electrons. The molecule has 0 amide bonds. The van der Waals surface area contributed by atoms with E-state index in [1.54, 1.807) is 0 Å². The third-order valence-electron chi connectivity index (χ3n) is 2.10. The van der Waals surface area contributed by atoms with E-state index < -0.39 is 18.8 Å². The van der Waals surface area contributed by atoms with Crippen molar-refractivity contribution in [2.75, 3.05) is 7.11 Å². The third kappa shape index (κ3) is 2.44. The molecule has 4 nitrogen and oxygen atoms in total. The Morgan fingerprint density at radius 3 is 2.69 bits per heavy atom. The molecule has 0 radical (unpaired) electrons. The van der Waals surface area contributed by atoms with Crippen molar-refractivity contribution < 1.29 is 23.4 Å². The lowest BCUT2D eigenvalue weighted by molar-refractivity contribution is -0.136. The summed E-state index contributed by atoms with van der Waals surface area (Å²) in [4.78, 5) is 14.3. The summed E-state index contributed by atoms with van der Waals surface area (Å²) in [6, 6.07) is 0. The van der Waals surface area contributed by atoms with Crippen molar-refractivity contribution in [1.82, 2.24) is 4.98 Å². The van der Waals surface area contributed by atoms with E-state index in [1.807, 2.05) is 0 Å². The van der Waals surface area contributed by atoms with Gasteiger partial charge in [0.25, 0.3) is 6.43 Å². The van der Waals surface area contributed by atoms with Crippen LogP contribution in [0.15, 0.2) is 6.20 Å². The molecule has 6 heteroatoms. The second-order valence-corrected chi connectivity index (χ2v) is 3.19. The molecule has 0 aliphatic heterocycles. The average Bonchev–Trinajstić information content (AvgIpc) is 2.18. The number of halogens is 2. The molecule has 1 heterocycles. The van der Waals surface area contributed by atoms with Gasteiger partial charge in [-0.1, -0.05) is 0 Å². The quantitative estimate of drug-likeness (QED) is 0.860. The maximum atomic E-state index is 12.7. The number of carboxylic acids is 1. The number of pyridine rings is 1. The zero-order valence-corrected chi connectivity index (χ0v) is 8.83. The molecule has 16 heavy (non-hydrogen) atoms. The van der Waals surface area contributed by atoms with E-state index >= 15 is 0 Å². The number of aliphatic carboxylic acids is 1. The Bertz CT molecular complexity index is 407. The Balaban J connectivity index is 3.30. The molecule has 0 aliphatic carbocycles. The summed E-state index contributed by atoms with van der Waals surface area (Å²) in [5.74, 6) is -1.21. The normalized spacial score (nSPS) is 10.6. The van der Waals surface area contributed by atoms with Gasteiger partial charge in [0, 0.05) is 17.5 Å². The average molecular weight is 231 g/mol. The largest absolute Gasteiger partial charge is 0.496 e. The molecular formula is C10H11F2NO3. The molecule has 1 aromatic rings. The number of aromatic nitrogens is 1. The number of alkyl halides is 2. The van der Waals surface area contributed by atoms with Gasteiger partial charge in [0.1, 0.15) is 5.75 Å². The Labute approximate surface area is 90.9 Å². The first-order chi connectivity index (χ1) is 7.47. The molecule has 1 aromatic heterocycles. The molecule has 0 bridgehead atoms. The fourth-order valence-corrected chi connectivity index (χ4v) is 1.43. The minimum absolute atomic E-state index is 0.0927. The number of carboxylic acid groups (broad SMARTS) is 1. The van der Waals surface area contributed by atoms with Crippen LogP contribution in [0, 0.1) is 6.92 Å². The van der Waals surface area contributed by atoms with Crippen molar-refractivity contribution in [2.24, 2.45) is 0 Å². The number of hydrogen-bond donors (Lipinski definition) is 1. The maximum absolute atomic E-state index is 12.7. The number of rotatable bonds is 4. The zero-order chi connectivity index (χ0) is 12.3. The first-order valence-electron chi connectivity index (χ1n) is 4.49. The van der Waals surface area contributed by atoms with Crippen LogP contribution in [0.25, 0.3) is 0 Å². The van der Waals surface area contributed by atoms with Crippen molar-refractivity contribution in [3.05, 3.63) is 23.0 Å². The first kappa shape index (κ1) is 12.4. The van der Waals surface area contributed by atoms with Crippen molar-refractivity contribution in [2.45, 2.75) is 19.8 Å². The highest BCUT2D eigenvalue weighted by atomic mass is 19.3. The number of methoxy groups -OCH3 is 1. The Morgan fingerprint density at radius 2 is 2.25 bits per heavy atom. The third-order valence-corrected chi connectivity index (χ3v) is 2.10. The molecule has 0 aromatic carbocycles. The summed E-state index contributed by atoms with van der Waals surface area (Å²) in [5, 5.41) is 8.61. The Morgan fingerprint density at radius 1 is 1.62 bits per heavy atom. The lowest BCUT2D eigenvalue weighted by Gasteiger charge is -2.13. The maximum Gasteiger partial charge on any atom is 0.308 e. The van der Waals surface area contributed by atoms with Gasteiger partial charge in [-0.15, -0.1) is 0 Å². The predicted molar refractivity (Wildman–Crippen MR) is 51.8 cm³/mol. The standard InChI is InChI=1S/C10H11F2NO3/c1-5-8(10(11)12)9(16-2)6(4-13-5)3-7(14)15/h4,10H,3H2,1-2H3,(H,14,15). The number of hydrogen-bond acceptors (Lipinski definition) is 3. The summed E-state index contributed by atoms with van der Waals surface area (Å²) in [5.41, 5.74) is -0.0573.